The molecular formula is C11H13BrO2. The molecule has 2 atom stereocenters. The van der Waals surface area contributed by atoms with Gasteiger partial charge in [0.2, 0.25) is 0 Å². The quantitative estimate of drug-likeness (QED) is 0.724. The maximum atomic E-state index is 10.0. The molecular weight excluding hydrogens is 244 g/mol. The van der Waals surface area contributed by atoms with Crippen LogP contribution in [0.5, 0.6) is 5.75 Å². The summed E-state index contributed by atoms with van der Waals surface area (Å²) in [6.45, 7) is 3.93. The van der Waals surface area contributed by atoms with Crippen LogP contribution >= 0.6 is 15.9 Å². The maximum absolute atomic E-state index is 10.0. The lowest BCUT2D eigenvalue weighted by Gasteiger charge is -2.39. The number of rotatable bonds is 0. The lowest BCUT2D eigenvalue weighted by atomic mass is 9.92. The van der Waals surface area contributed by atoms with Crippen molar-refractivity contribution in [2.75, 3.05) is 0 Å². The summed E-state index contributed by atoms with van der Waals surface area (Å²) in [5.41, 5.74) is 0.474. The number of halogens is 1. The third-order valence-electron chi connectivity index (χ3n) is 2.55. The Labute approximate surface area is 92.0 Å². The van der Waals surface area contributed by atoms with Crippen LogP contribution in [-0.2, 0) is 0 Å². The zero-order valence-electron chi connectivity index (χ0n) is 8.20. The summed E-state index contributed by atoms with van der Waals surface area (Å²) in [7, 11) is 0. The molecule has 0 amide bonds. The van der Waals surface area contributed by atoms with Gasteiger partial charge in [-0.3, -0.25) is 0 Å². The van der Waals surface area contributed by atoms with Crippen LogP contribution in [0.15, 0.2) is 24.3 Å². The van der Waals surface area contributed by atoms with E-state index in [0.717, 1.165) is 11.3 Å². The predicted octanol–water partition coefficient (Wildman–Crippen LogP) is 2.65. The van der Waals surface area contributed by atoms with Gasteiger partial charge < -0.3 is 9.84 Å². The first-order valence-electron chi connectivity index (χ1n) is 4.62. The van der Waals surface area contributed by atoms with Gasteiger partial charge >= 0.3 is 0 Å². The van der Waals surface area contributed by atoms with Crippen LogP contribution in [0.2, 0.25) is 0 Å². The molecule has 0 bridgehead atoms. The molecule has 0 aromatic heterocycles. The lowest BCUT2D eigenvalue weighted by Crippen LogP contribution is -2.45. The molecule has 76 valence electrons. The second kappa shape index (κ2) is 3.24. The molecule has 1 aliphatic rings. The number of hydrogen-bond acceptors (Lipinski definition) is 2. The molecule has 1 aliphatic heterocycles. The third-order valence-corrected chi connectivity index (χ3v) is 4.16. The number of fused-ring (bicyclic) bond motifs is 1. The summed E-state index contributed by atoms with van der Waals surface area (Å²) >= 11 is 3.47. The monoisotopic (exact) mass is 256 g/mol. The molecule has 2 nitrogen and oxygen atoms in total. The number of hydrogen-bond donors (Lipinski definition) is 1. The second-order valence-electron chi connectivity index (χ2n) is 4.09. The highest BCUT2D eigenvalue weighted by atomic mass is 79.9. The molecule has 0 radical (unpaired) electrons. The Morgan fingerprint density at radius 1 is 1.36 bits per heavy atom. The van der Waals surface area contributed by atoms with Gasteiger partial charge in [0.25, 0.3) is 0 Å². The van der Waals surface area contributed by atoms with E-state index in [4.69, 9.17) is 4.74 Å². The van der Waals surface area contributed by atoms with E-state index in [1.165, 1.54) is 0 Å². The van der Waals surface area contributed by atoms with E-state index in [1.54, 1.807) is 0 Å². The Bertz CT molecular complexity index is 349. The molecule has 2 rings (SSSR count). The minimum Gasteiger partial charge on any atom is -0.486 e. The van der Waals surface area contributed by atoms with Crippen molar-refractivity contribution in [1.82, 2.24) is 0 Å². The van der Waals surface area contributed by atoms with Gasteiger partial charge in [0.1, 0.15) is 11.4 Å². The molecule has 1 aromatic carbocycles. The number of ether oxygens (including phenoxy) is 1. The highest BCUT2D eigenvalue weighted by molar-refractivity contribution is 9.09. The number of benzene rings is 1. The smallest absolute Gasteiger partial charge is 0.126 e. The highest BCUT2D eigenvalue weighted by Crippen LogP contribution is 2.42. The number of alkyl halides is 1. The molecule has 1 heterocycles. The van der Waals surface area contributed by atoms with Crippen molar-refractivity contribution in [3.63, 3.8) is 0 Å². The molecule has 0 saturated heterocycles. The average molecular weight is 257 g/mol. The molecule has 1 unspecified atom stereocenters. The fraction of sp³-hybridized carbons (Fsp3) is 0.455. The van der Waals surface area contributed by atoms with Crippen LogP contribution in [-0.4, -0.2) is 15.5 Å². The van der Waals surface area contributed by atoms with Crippen molar-refractivity contribution < 1.29 is 9.84 Å². The molecule has 1 N–H and O–H groups in total. The van der Waals surface area contributed by atoms with Crippen molar-refractivity contribution in [1.29, 1.82) is 0 Å². The highest BCUT2D eigenvalue weighted by Gasteiger charge is 2.41. The normalized spacial score (nSPS) is 29.1. The maximum Gasteiger partial charge on any atom is 0.126 e. The van der Waals surface area contributed by atoms with Crippen LogP contribution in [0.25, 0.3) is 0 Å². The van der Waals surface area contributed by atoms with Gasteiger partial charge in [-0.25, -0.2) is 0 Å². The van der Waals surface area contributed by atoms with E-state index < -0.39 is 6.10 Å². The van der Waals surface area contributed by atoms with Crippen molar-refractivity contribution in [3.8, 4) is 5.75 Å². The Kier molecular flexibility index (Phi) is 2.32. The zero-order chi connectivity index (χ0) is 10.3. The van der Waals surface area contributed by atoms with Gasteiger partial charge in [0, 0.05) is 5.56 Å². The predicted molar refractivity (Wildman–Crippen MR) is 58.8 cm³/mol. The first-order valence-corrected chi connectivity index (χ1v) is 5.54. The number of aliphatic hydroxyl groups excluding tert-OH is 1. The van der Waals surface area contributed by atoms with E-state index >= 15 is 0 Å². The minimum absolute atomic E-state index is 0.0788. The first kappa shape index (κ1) is 9.99. The molecule has 0 saturated carbocycles. The Hall–Kier alpha value is -0.540. The van der Waals surface area contributed by atoms with Crippen molar-refractivity contribution >= 4 is 15.9 Å². The summed E-state index contributed by atoms with van der Waals surface area (Å²) < 4.78 is 5.80. The van der Waals surface area contributed by atoms with Gasteiger partial charge in [-0.1, -0.05) is 34.1 Å². The second-order valence-corrected chi connectivity index (χ2v) is 5.08. The van der Waals surface area contributed by atoms with Crippen LogP contribution in [0.1, 0.15) is 25.5 Å². The first-order chi connectivity index (χ1) is 6.52. The summed E-state index contributed by atoms with van der Waals surface area (Å²) in [6, 6.07) is 7.60. The van der Waals surface area contributed by atoms with E-state index in [0.29, 0.717) is 0 Å². The van der Waals surface area contributed by atoms with Gasteiger partial charge in [0.05, 0.1) is 10.9 Å². The Balaban J connectivity index is 2.48. The van der Waals surface area contributed by atoms with Crippen molar-refractivity contribution in [2.45, 2.75) is 30.4 Å². The molecule has 0 fully saturated rings. The minimum atomic E-state index is -0.505. The average Bonchev–Trinajstić information content (AvgIpc) is 2.14. The summed E-state index contributed by atoms with van der Waals surface area (Å²) in [4.78, 5) is -0.0788. The summed E-state index contributed by atoms with van der Waals surface area (Å²) in [5.74, 6) is 0.778. The Morgan fingerprint density at radius 2 is 2.00 bits per heavy atom. The van der Waals surface area contributed by atoms with Gasteiger partial charge in [-0.05, 0) is 19.9 Å². The summed E-state index contributed by atoms with van der Waals surface area (Å²) in [6.07, 6.45) is -0.505. The topological polar surface area (TPSA) is 29.5 Å². The van der Waals surface area contributed by atoms with Crippen LogP contribution < -0.4 is 4.74 Å². The molecule has 0 aliphatic carbocycles. The molecule has 1 aromatic rings. The van der Waals surface area contributed by atoms with Gasteiger partial charge in [0.15, 0.2) is 0 Å². The summed E-state index contributed by atoms with van der Waals surface area (Å²) in [5, 5.41) is 10.0. The fourth-order valence-corrected chi connectivity index (χ4v) is 2.07. The number of para-hydroxylation sites is 1. The van der Waals surface area contributed by atoms with Crippen molar-refractivity contribution in [2.24, 2.45) is 0 Å². The van der Waals surface area contributed by atoms with E-state index in [2.05, 4.69) is 15.9 Å². The lowest BCUT2D eigenvalue weighted by molar-refractivity contribution is 0.0226. The molecule has 3 heteroatoms. The van der Waals surface area contributed by atoms with Crippen LogP contribution in [0, 0.1) is 0 Å². The van der Waals surface area contributed by atoms with Gasteiger partial charge in [-0.2, -0.15) is 0 Å². The van der Waals surface area contributed by atoms with E-state index in [9.17, 15) is 5.11 Å². The van der Waals surface area contributed by atoms with Gasteiger partial charge in [-0.15, -0.1) is 0 Å². The SMILES string of the molecule is CC1(C)Oc2ccccc2C(O)[C@@H]1Br. The standard InChI is InChI=1S/C11H13BrO2/c1-11(2)10(12)9(13)7-5-3-4-6-8(7)14-11/h3-6,9-10,13H,1-2H3/t9?,10-/m0/s1. The van der Waals surface area contributed by atoms with Crippen LogP contribution in [0.3, 0.4) is 0 Å². The van der Waals surface area contributed by atoms with E-state index in [-0.39, 0.29) is 10.4 Å². The largest absolute Gasteiger partial charge is 0.486 e. The van der Waals surface area contributed by atoms with E-state index in [1.807, 2.05) is 38.1 Å². The third kappa shape index (κ3) is 1.44. The Morgan fingerprint density at radius 3 is 2.71 bits per heavy atom. The fourth-order valence-electron chi connectivity index (χ4n) is 1.70. The zero-order valence-corrected chi connectivity index (χ0v) is 9.78. The van der Waals surface area contributed by atoms with Crippen molar-refractivity contribution in [3.05, 3.63) is 29.8 Å². The molecule has 0 spiro atoms. The number of aliphatic hydroxyl groups is 1. The molecule has 14 heavy (non-hydrogen) atoms. The van der Waals surface area contributed by atoms with Crippen LogP contribution in [0.4, 0.5) is 0 Å².